The molecular weight excluding hydrogens is 342 g/mol. The second-order valence-corrected chi connectivity index (χ2v) is 6.41. The van der Waals surface area contributed by atoms with Gasteiger partial charge in [-0.2, -0.15) is 0 Å². The van der Waals surface area contributed by atoms with Gasteiger partial charge >= 0.3 is 6.09 Å². The van der Waals surface area contributed by atoms with Crippen molar-refractivity contribution in [3.05, 3.63) is 35.9 Å². The normalized spacial score (nSPS) is 21.4. The van der Waals surface area contributed by atoms with Gasteiger partial charge in [0.05, 0.1) is 0 Å². The Bertz CT molecular complexity index is 564. The zero-order valence-electron chi connectivity index (χ0n) is 14.3. The number of benzene rings is 1. The highest BCUT2D eigenvalue weighted by Gasteiger charge is 2.34. The van der Waals surface area contributed by atoms with E-state index in [2.05, 4.69) is 10.6 Å². The van der Waals surface area contributed by atoms with Crippen LogP contribution in [0.4, 0.5) is 4.79 Å². The molecule has 6 nitrogen and oxygen atoms in total. The number of ether oxygens (including phenoxy) is 1. The summed E-state index contributed by atoms with van der Waals surface area (Å²) in [6.07, 6.45) is 3.04. The molecule has 7 heteroatoms. The smallest absolute Gasteiger partial charge is 0.408 e. The van der Waals surface area contributed by atoms with Gasteiger partial charge in [0.25, 0.3) is 0 Å². The molecule has 2 N–H and O–H groups in total. The topological polar surface area (TPSA) is 70.7 Å². The number of nitrogens with zero attached hydrogens (tertiary/aromatic N) is 1. The molecule has 2 saturated heterocycles. The van der Waals surface area contributed by atoms with Crippen LogP contribution in [0.15, 0.2) is 30.3 Å². The lowest BCUT2D eigenvalue weighted by atomic mass is 9.98. The van der Waals surface area contributed by atoms with Crippen LogP contribution < -0.4 is 10.6 Å². The van der Waals surface area contributed by atoms with Crippen molar-refractivity contribution in [2.24, 2.45) is 0 Å². The summed E-state index contributed by atoms with van der Waals surface area (Å²) in [5.41, 5.74) is 0.930. The number of hydrogen-bond acceptors (Lipinski definition) is 4. The van der Waals surface area contributed by atoms with Crippen LogP contribution >= 0.6 is 12.4 Å². The first-order chi connectivity index (χ1) is 11.7. The van der Waals surface area contributed by atoms with Crippen LogP contribution in [0.5, 0.6) is 0 Å². The number of rotatable bonds is 4. The predicted octanol–water partition coefficient (Wildman–Crippen LogP) is 2.08. The predicted molar refractivity (Wildman–Crippen MR) is 97.6 cm³/mol. The van der Waals surface area contributed by atoms with Gasteiger partial charge in [0.15, 0.2) is 0 Å². The third kappa shape index (κ3) is 5.34. The zero-order chi connectivity index (χ0) is 16.8. The molecule has 2 aliphatic rings. The molecule has 3 rings (SSSR count). The first-order valence-electron chi connectivity index (χ1n) is 8.72. The number of hydrogen-bond donors (Lipinski definition) is 2. The fourth-order valence-corrected chi connectivity index (χ4v) is 3.42. The van der Waals surface area contributed by atoms with Gasteiger partial charge < -0.3 is 20.3 Å². The standard InChI is InChI=1S/C18H25N3O3.ClH/c22-17-16(7-4-12-21(17)15-8-10-19-11-9-15)20-18(23)24-13-14-5-2-1-3-6-14;/h1-3,5-6,15-16,19H,4,7-13H2,(H,20,23);1H/t16-;/m0./s1. The molecule has 0 saturated carbocycles. The SMILES string of the molecule is Cl.O=C(N[C@H]1CCCN(C2CCNCC2)C1=O)OCc1ccccc1. The molecule has 2 amide bonds. The van der Waals surface area contributed by atoms with E-state index < -0.39 is 12.1 Å². The lowest BCUT2D eigenvalue weighted by Gasteiger charge is -2.39. The van der Waals surface area contributed by atoms with Gasteiger partial charge in [-0.3, -0.25) is 4.79 Å². The quantitative estimate of drug-likeness (QED) is 0.854. The molecular formula is C18H26ClN3O3. The summed E-state index contributed by atoms with van der Waals surface area (Å²) in [4.78, 5) is 26.6. The number of amides is 2. The fourth-order valence-electron chi connectivity index (χ4n) is 3.42. The molecule has 0 aliphatic carbocycles. The van der Waals surface area contributed by atoms with E-state index in [1.165, 1.54) is 0 Å². The van der Waals surface area contributed by atoms with Crippen molar-refractivity contribution in [1.82, 2.24) is 15.5 Å². The van der Waals surface area contributed by atoms with E-state index in [0.717, 1.165) is 44.5 Å². The third-order valence-corrected chi connectivity index (χ3v) is 4.73. The summed E-state index contributed by atoms with van der Waals surface area (Å²) in [6, 6.07) is 9.35. The van der Waals surface area contributed by atoms with Gasteiger partial charge in [0.1, 0.15) is 12.6 Å². The summed E-state index contributed by atoms with van der Waals surface area (Å²) >= 11 is 0. The summed E-state index contributed by atoms with van der Waals surface area (Å²) in [5, 5.41) is 6.06. The van der Waals surface area contributed by atoms with Crippen molar-refractivity contribution in [1.29, 1.82) is 0 Å². The molecule has 25 heavy (non-hydrogen) atoms. The lowest BCUT2D eigenvalue weighted by Crippen LogP contribution is -2.57. The van der Waals surface area contributed by atoms with Crippen LogP contribution in [0.25, 0.3) is 0 Å². The Morgan fingerprint density at radius 1 is 1.20 bits per heavy atom. The maximum absolute atomic E-state index is 12.7. The van der Waals surface area contributed by atoms with Crippen molar-refractivity contribution < 1.29 is 14.3 Å². The summed E-state index contributed by atoms with van der Waals surface area (Å²) in [7, 11) is 0. The Balaban J connectivity index is 0.00000225. The van der Waals surface area contributed by atoms with Gasteiger partial charge in [-0.1, -0.05) is 30.3 Å². The Morgan fingerprint density at radius 3 is 2.64 bits per heavy atom. The maximum atomic E-state index is 12.7. The zero-order valence-corrected chi connectivity index (χ0v) is 15.1. The average molecular weight is 368 g/mol. The molecule has 0 radical (unpaired) electrons. The fraction of sp³-hybridized carbons (Fsp3) is 0.556. The van der Waals surface area contributed by atoms with Crippen LogP contribution in [-0.2, 0) is 16.1 Å². The Labute approximate surface area is 154 Å². The number of halogens is 1. The van der Waals surface area contributed by atoms with Crippen LogP contribution in [0.1, 0.15) is 31.2 Å². The highest BCUT2D eigenvalue weighted by atomic mass is 35.5. The monoisotopic (exact) mass is 367 g/mol. The van der Waals surface area contributed by atoms with Crippen molar-refractivity contribution in [3.8, 4) is 0 Å². The molecule has 0 aromatic heterocycles. The third-order valence-electron chi connectivity index (χ3n) is 4.73. The first-order valence-corrected chi connectivity index (χ1v) is 8.72. The van der Waals surface area contributed by atoms with E-state index in [9.17, 15) is 9.59 Å². The minimum atomic E-state index is -0.524. The lowest BCUT2D eigenvalue weighted by molar-refractivity contribution is -0.139. The highest BCUT2D eigenvalue weighted by molar-refractivity contribution is 5.86. The Morgan fingerprint density at radius 2 is 1.92 bits per heavy atom. The van der Waals surface area contributed by atoms with E-state index in [1.54, 1.807) is 0 Å². The molecule has 0 spiro atoms. The first kappa shape index (κ1) is 19.5. The van der Waals surface area contributed by atoms with E-state index >= 15 is 0 Å². The number of carbonyl (C=O) groups is 2. The second-order valence-electron chi connectivity index (χ2n) is 6.41. The van der Waals surface area contributed by atoms with Crippen LogP contribution in [0.3, 0.4) is 0 Å². The van der Waals surface area contributed by atoms with Gasteiger partial charge in [-0.05, 0) is 44.3 Å². The molecule has 1 aromatic carbocycles. The van der Waals surface area contributed by atoms with Gasteiger partial charge in [0.2, 0.25) is 5.91 Å². The van der Waals surface area contributed by atoms with E-state index in [1.807, 2.05) is 35.2 Å². The average Bonchev–Trinajstić information content (AvgIpc) is 2.63. The summed E-state index contributed by atoms with van der Waals surface area (Å²) in [5.74, 6) is 0.0322. The van der Waals surface area contributed by atoms with Gasteiger partial charge in [-0.25, -0.2) is 4.79 Å². The molecule has 0 bridgehead atoms. The summed E-state index contributed by atoms with van der Waals surface area (Å²) < 4.78 is 5.23. The summed E-state index contributed by atoms with van der Waals surface area (Å²) in [6.45, 7) is 2.91. The molecule has 2 heterocycles. The Kier molecular flexibility index (Phi) is 7.52. The molecule has 1 aromatic rings. The van der Waals surface area contributed by atoms with Gasteiger partial charge in [-0.15, -0.1) is 12.4 Å². The van der Waals surface area contributed by atoms with Crippen molar-refractivity contribution >= 4 is 24.4 Å². The molecule has 0 unspecified atom stereocenters. The van der Waals surface area contributed by atoms with Crippen LogP contribution in [0.2, 0.25) is 0 Å². The highest BCUT2D eigenvalue weighted by Crippen LogP contribution is 2.20. The van der Waals surface area contributed by atoms with E-state index in [0.29, 0.717) is 12.5 Å². The van der Waals surface area contributed by atoms with Crippen molar-refractivity contribution in [2.75, 3.05) is 19.6 Å². The molecule has 1 atom stereocenters. The van der Waals surface area contributed by atoms with Crippen LogP contribution in [0, 0.1) is 0 Å². The van der Waals surface area contributed by atoms with Crippen molar-refractivity contribution in [2.45, 2.75) is 44.4 Å². The number of piperidine rings is 2. The van der Waals surface area contributed by atoms with Crippen LogP contribution in [-0.4, -0.2) is 48.6 Å². The van der Waals surface area contributed by atoms with E-state index in [-0.39, 0.29) is 24.9 Å². The van der Waals surface area contributed by atoms with E-state index in [4.69, 9.17) is 4.74 Å². The minimum Gasteiger partial charge on any atom is -0.445 e. The Hall–Kier alpha value is -1.79. The molecule has 2 aliphatic heterocycles. The minimum absolute atomic E-state index is 0. The second kappa shape index (κ2) is 9.63. The largest absolute Gasteiger partial charge is 0.445 e. The number of carbonyl (C=O) groups excluding carboxylic acids is 2. The van der Waals surface area contributed by atoms with Gasteiger partial charge in [0, 0.05) is 12.6 Å². The maximum Gasteiger partial charge on any atom is 0.408 e. The molecule has 138 valence electrons. The number of alkyl carbamates (subject to hydrolysis) is 1. The number of nitrogens with one attached hydrogen (secondary N) is 2. The number of likely N-dealkylation sites (tertiary alicyclic amines) is 1. The molecule has 2 fully saturated rings. The van der Waals surface area contributed by atoms with Crippen molar-refractivity contribution in [3.63, 3.8) is 0 Å².